The zero-order valence-corrected chi connectivity index (χ0v) is 13.8. The lowest BCUT2D eigenvalue weighted by Crippen LogP contribution is -2.39. The smallest absolute Gasteiger partial charge is 0.222 e. The number of benzene rings is 1. The largest absolute Gasteiger partial charge is 0.496 e. The Morgan fingerprint density at radius 2 is 1.83 bits per heavy atom. The van der Waals surface area contributed by atoms with Crippen LogP contribution in [0.5, 0.6) is 5.75 Å². The Hall–Kier alpha value is -2.14. The molecule has 1 aromatic carbocycles. The lowest BCUT2D eigenvalue weighted by molar-refractivity contribution is 0.316. The molecule has 0 spiro atoms. The number of hydrogen-bond acceptors (Lipinski definition) is 5. The summed E-state index contributed by atoms with van der Waals surface area (Å²) in [5, 5.41) is 6.70. The van der Waals surface area contributed by atoms with Gasteiger partial charge in [0.25, 0.3) is 0 Å². The third-order valence-electron chi connectivity index (χ3n) is 4.64. The van der Waals surface area contributed by atoms with Gasteiger partial charge in [-0.25, -0.2) is 9.97 Å². The average molecular weight is 312 g/mol. The summed E-state index contributed by atoms with van der Waals surface area (Å²) in [6.45, 7) is 0.752. The van der Waals surface area contributed by atoms with E-state index in [1.54, 1.807) is 7.11 Å². The van der Waals surface area contributed by atoms with Crippen molar-refractivity contribution < 1.29 is 4.74 Å². The van der Waals surface area contributed by atoms with Crippen molar-refractivity contribution >= 4 is 5.95 Å². The monoisotopic (exact) mass is 312 g/mol. The first-order valence-electron chi connectivity index (χ1n) is 8.14. The van der Waals surface area contributed by atoms with Gasteiger partial charge in [-0.15, -0.1) is 0 Å². The Kier molecular flexibility index (Phi) is 4.76. The van der Waals surface area contributed by atoms with Crippen molar-refractivity contribution in [1.29, 1.82) is 0 Å². The summed E-state index contributed by atoms with van der Waals surface area (Å²) in [5.74, 6) is 1.61. The Morgan fingerprint density at radius 3 is 2.48 bits per heavy atom. The van der Waals surface area contributed by atoms with Gasteiger partial charge in [0.05, 0.1) is 7.11 Å². The summed E-state index contributed by atoms with van der Waals surface area (Å²) in [7, 11) is 3.56. The van der Waals surface area contributed by atoms with E-state index in [1.165, 1.54) is 18.4 Å². The van der Waals surface area contributed by atoms with Crippen LogP contribution >= 0.6 is 0 Å². The van der Waals surface area contributed by atoms with E-state index < -0.39 is 0 Å². The molecule has 1 heterocycles. The fourth-order valence-corrected chi connectivity index (χ4v) is 3.41. The van der Waals surface area contributed by atoms with Gasteiger partial charge in [-0.1, -0.05) is 31.0 Å². The van der Waals surface area contributed by atoms with E-state index >= 15 is 0 Å². The molecule has 1 saturated carbocycles. The van der Waals surface area contributed by atoms with Crippen molar-refractivity contribution in [1.82, 2.24) is 15.3 Å². The van der Waals surface area contributed by atoms with Crippen molar-refractivity contribution in [2.45, 2.75) is 37.8 Å². The van der Waals surface area contributed by atoms with Crippen molar-refractivity contribution in [3.05, 3.63) is 47.8 Å². The molecule has 2 aromatic rings. The van der Waals surface area contributed by atoms with E-state index in [-0.39, 0.29) is 5.54 Å². The van der Waals surface area contributed by atoms with Crippen molar-refractivity contribution in [3.8, 4) is 5.75 Å². The molecule has 0 bridgehead atoms. The Morgan fingerprint density at radius 1 is 1.13 bits per heavy atom. The third kappa shape index (κ3) is 3.29. The minimum Gasteiger partial charge on any atom is -0.496 e. The van der Waals surface area contributed by atoms with E-state index in [0.29, 0.717) is 5.95 Å². The molecule has 1 aliphatic carbocycles. The van der Waals surface area contributed by atoms with E-state index in [1.807, 2.05) is 31.6 Å². The summed E-state index contributed by atoms with van der Waals surface area (Å²) in [5.41, 5.74) is 2.33. The molecule has 23 heavy (non-hydrogen) atoms. The molecule has 0 radical (unpaired) electrons. The summed E-state index contributed by atoms with van der Waals surface area (Å²) in [4.78, 5) is 8.57. The summed E-state index contributed by atoms with van der Waals surface area (Å²) < 4.78 is 5.59. The molecule has 0 amide bonds. The van der Waals surface area contributed by atoms with Gasteiger partial charge < -0.3 is 15.4 Å². The normalized spacial score (nSPS) is 16.3. The van der Waals surface area contributed by atoms with E-state index in [9.17, 15) is 0 Å². The number of methoxy groups -OCH3 is 1. The van der Waals surface area contributed by atoms with E-state index in [2.05, 4.69) is 32.7 Å². The number of nitrogens with zero attached hydrogens (tertiary/aromatic N) is 2. The van der Waals surface area contributed by atoms with Gasteiger partial charge in [-0.2, -0.15) is 0 Å². The molecule has 3 rings (SSSR count). The predicted molar refractivity (Wildman–Crippen MR) is 91.6 cm³/mol. The van der Waals surface area contributed by atoms with Gasteiger partial charge in [0.2, 0.25) is 5.95 Å². The van der Waals surface area contributed by atoms with Crippen LogP contribution in [0.1, 0.15) is 36.8 Å². The Labute approximate surface area is 137 Å². The molecule has 1 fully saturated rings. The maximum absolute atomic E-state index is 5.59. The molecule has 0 saturated heterocycles. The van der Waals surface area contributed by atoms with Crippen LogP contribution in [0.3, 0.4) is 0 Å². The van der Waals surface area contributed by atoms with Crippen LogP contribution < -0.4 is 15.4 Å². The first-order chi connectivity index (χ1) is 11.3. The molecule has 0 atom stereocenters. The van der Waals surface area contributed by atoms with Gasteiger partial charge in [-0.3, -0.25) is 0 Å². The van der Waals surface area contributed by atoms with Gasteiger partial charge in [0.1, 0.15) is 5.75 Å². The molecular weight excluding hydrogens is 288 g/mol. The second kappa shape index (κ2) is 6.96. The highest BCUT2D eigenvalue weighted by Gasteiger charge is 2.37. The van der Waals surface area contributed by atoms with Gasteiger partial charge >= 0.3 is 0 Å². The van der Waals surface area contributed by atoms with E-state index in [0.717, 1.165) is 30.7 Å². The van der Waals surface area contributed by atoms with E-state index in [4.69, 9.17) is 4.74 Å². The van der Waals surface area contributed by atoms with Crippen LogP contribution in [0.4, 0.5) is 5.95 Å². The first-order valence-corrected chi connectivity index (χ1v) is 8.14. The molecular formula is C18H24N4O. The summed E-state index contributed by atoms with van der Waals surface area (Å²) in [6.07, 6.45) is 8.47. The number of rotatable bonds is 6. The van der Waals surface area contributed by atoms with Gasteiger partial charge in [0.15, 0.2) is 0 Å². The van der Waals surface area contributed by atoms with Crippen LogP contribution in [0.15, 0.2) is 36.7 Å². The highest BCUT2D eigenvalue weighted by molar-refractivity contribution is 5.40. The number of aromatic nitrogens is 2. The van der Waals surface area contributed by atoms with Crippen LogP contribution in [0.25, 0.3) is 0 Å². The Bertz CT molecular complexity index is 636. The van der Waals surface area contributed by atoms with Crippen molar-refractivity contribution in [2.75, 3.05) is 19.5 Å². The van der Waals surface area contributed by atoms with Gasteiger partial charge in [0, 0.05) is 42.7 Å². The summed E-state index contributed by atoms with van der Waals surface area (Å²) >= 11 is 0. The van der Waals surface area contributed by atoms with Crippen molar-refractivity contribution in [2.24, 2.45) is 0 Å². The maximum Gasteiger partial charge on any atom is 0.222 e. The minimum atomic E-state index is -0.0196. The average Bonchev–Trinajstić information content (AvgIpc) is 3.10. The Balaban J connectivity index is 1.80. The number of para-hydroxylation sites is 1. The lowest BCUT2D eigenvalue weighted by atomic mass is 9.87. The van der Waals surface area contributed by atoms with Crippen LogP contribution in [-0.4, -0.2) is 24.1 Å². The first kappa shape index (κ1) is 15.7. The zero-order valence-electron chi connectivity index (χ0n) is 13.8. The standard InChI is InChI=1S/C18H24N4O/c1-19-17-20-11-14(12-21-17)13-22-18(9-5-6-10-18)15-7-3-4-8-16(15)23-2/h3-4,7-8,11-12,22H,5-6,9-10,13H2,1-2H3,(H,19,20,21). The highest BCUT2D eigenvalue weighted by Crippen LogP contribution is 2.42. The molecule has 1 aliphatic rings. The fraction of sp³-hybridized carbons (Fsp3) is 0.444. The van der Waals surface area contributed by atoms with Gasteiger partial charge in [-0.05, 0) is 18.9 Å². The second-order valence-corrected chi connectivity index (χ2v) is 6.01. The molecule has 0 unspecified atom stereocenters. The number of anilines is 1. The van der Waals surface area contributed by atoms with Crippen LogP contribution in [0, 0.1) is 0 Å². The summed E-state index contributed by atoms with van der Waals surface area (Å²) in [6, 6.07) is 8.33. The number of ether oxygens (including phenoxy) is 1. The molecule has 122 valence electrons. The fourth-order valence-electron chi connectivity index (χ4n) is 3.41. The minimum absolute atomic E-state index is 0.0196. The number of hydrogen-bond donors (Lipinski definition) is 2. The lowest BCUT2D eigenvalue weighted by Gasteiger charge is -2.32. The highest BCUT2D eigenvalue weighted by atomic mass is 16.5. The SMILES string of the molecule is CNc1ncc(CNC2(c3ccccc3OC)CCCC2)cn1. The third-order valence-corrected chi connectivity index (χ3v) is 4.64. The van der Waals surface area contributed by atoms with Crippen LogP contribution in [0.2, 0.25) is 0 Å². The molecule has 0 aliphatic heterocycles. The molecule has 5 heteroatoms. The zero-order chi connectivity index (χ0) is 16.1. The van der Waals surface area contributed by atoms with Crippen molar-refractivity contribution in [3.63, 3.8) is 0 Å². The molecule has 1 aromatic heterocycles. The quantitative estimate of drug-likeness (QED) is 0.858. The van der Waals surface area contributed by atoms with Crippen LogP contribution in [-0.2, 0) is 12.1 Å². The predicted octanol–water partition coefficient (Wildman–Crippen LogP) is 3.09. The molecule has 2 N–H and O–H groups in total. The molecule has 5 nitrogen and oxygen atoms in total. The second-order valence-electron chi connectivity index (χ2n) is 6.01. The topological polar surface area (TPSA) is 59.1 Å². The maximum atomic E-state index is 5.59. The number of nitrogens with one attached hydrogen (secondary N) is 2.